The minimum Gasteiger partial charge on any atom is -0.494 e. The quantitative estimate of drug-likeness (QED) is 0.604. The summed E-state index contributed by atoms with van der Waals surface area (Å²) in [5, 5.41) is 11.0. The van der Waals surface area contributed by atoms with Gasteiger partial charge in [0, 0.05) is 25.7 Å². The third kappa shape index (κ3) is 5.60. The van der Waals surface area contributed by atoms with E-state index in [0.29, 0.717) is 13.2 Å². The summed E-state index contributed by atoms with van der Waals surface area (Å²) < 4.78 is 5.71. The molecule has 0 unspecified atom stereocenters. The molecule has 0 atom stereocenters. The van der Waals surface area contributed by atoms with Crippen molar-refractivity contribution in [3.8, 4) is 5.75 Å². The van der Waals surface area contributed by atoms with E-state index in [-0.39, 0.29) is 0 Å². The zero-order chi connectivity index (χ0) is 16.5. The molecule has 0 radical (unpaired) electrons. The van der Waals surface area contributed by atoms with Crippen molar-refractivity contribution >= 4 is 17.3 Å². The second kappa shape index (κ2) is 9.20. The van der Waals surface area contributed by atoms with Gasteiger partial charge in [-0.05, 0) is 54.3 Å². The van der Waals surface area contributed by atoms with Crippen LogP contribution in [0.1, 0.15) is 23.6 Å². The number of guanidine groups is 1. The standard InChI is InChI=1S/C18H25N3OS/c1-4-22-17-11-14(2)5-6-16(17)12-21-18(19-3)20-9-7-15-8-10-23-13-15/h5-6,8,10-11,13H,4,7,9,12H2,1-3H3,(H2,19,20,21). The van der Waals surface area contributed by atoms with Gasteiger partial charge in [-0.25, -0.2) is 0 Å². The molecule has 0 amide bonds. The van der Waals surface area contributed by atoms with Crippen molar-refractivity contribution in [2.75, 3.05) is 20.2 Å². The number of rotatable bonds is 7. The molecule has 0 spiro atoms. The van der Waals surface area contributed by atoms with E-state index in [1.807, 2.05) is 6.92 Å². The lowest BCUT2D eigenvalue weighted by Crippen LogP contribution is -2.37. The van der Waals surface area contributed by atoms with Crippen LogP contribution in [0.2, 0.25) is 0 Å². The highest BCUT2D eigenvalue weighted by molar-refractivity contribution is 7.07. The average molecular weight is 331 g/mol. The Hall–Kier alpha value is -2.01. The third-order valence-electron chi connectivity index (χ3n) is 3.48. The van der Waals surface area contributed by atoms with E-state index in [1.165, 1.54) is 11.1 Å². The number of ether oxygens (including phenoxy) is 1. The molecule has 124 valence electrons. The van der Waals surface area contributed by atoms with Gasteiger partial charge in [0.15, 0.2) is 5.96 Å². The molecule has 1 aromatic heterocycles. The molecule has 0 aliphatic carbocycles. The Labute approximate surface area is 142 Å². The van der Waals surface area contributed by atoms with Gasteiger partial charge in [0.25, 0.3) is 0 Å². The van der Waals surface area contributed by atoms with Crippen molar-refractivity contribution in [3.05, 3.63) is 51.7 Å². The molecule has 0 fully saturated rings. The van der Waals surface area contributed by atoms with Gasteiger partial charge in [-0.2, -0.15) is 11.3 Å². The molecule has 2 rings (SSSR count). The van der Waals surface area contributed by atoms with Crippen molar-refractivity contribution in [3.63, 3.8) is 0 Å². The number of hydrogen-bond acceptors (Lipinski definition) is 3. The summed E-state index contributed by atoms with van der Waals surface area (Å²) in [6, 6.07) is 8.44. The van der Waals surface area contributed by atoms with Crippen LogP contribution in [-0.4, -0.2) is 26.2 Å². The molecule has 2 N–H and O–H groups in total. The Balaban J connectivity index is 1.85. The highest BCUT2D eigenvalue weighted by Gasteiger charge is 2.05. The molecule has 0 saturated heterocycles. The minimum atomic E-state index is 0.671. The molecule has 1 heterocycles. The van der Waals surface area contributed by atoms with Crippen LogP contribution >= 0.6 is 11.3 Å². The van der Waals surface area contributed by atoms with Gasteiger partial charge in [-0.3, -0.25) is 4.99 Å². The molecular weight excluding hydrogens is 306 g/mol. The summed E-state index contributed by atoms with van der Waals surface area (Å²) in [5.41, 5.74) is 3.70. The second-order valence-electron chi connectivity index (χ2n) is 5.28. The number of hydrogen-bond donors (Lipinski definition) is 2. The summed E-state index contributed by atoms with van der Waals surface area (Å²) >= 11 is 1.73. The average Bonchev–Trinajstić information content (AvgIpc) is 3.06. The Bertz CT molecular complexity index is 623. The maximum absolute atomic E-state index is 5.71. The zero-order valence-corrected chi connectivity index (χ0v) is 14.9. The second-order valence-corrected chi connectivity index (χ2v) is 6.06. The molecule has 23 heavy (non-hydrogen) atoms. The van der Waals surface area contributed by atoms with Crippen molar-refractivity contribution in [1.29, 1.82) is 0 Å². The lowest BCUT2D eigenvalue weighted by molar-refractivity contribution is 0.336. The molecule has 0 bridgehead atoms. The lowest BCUT2D eigenvalue weighted by Gasteiger charge is -2.15. The maximum Gasteiger partial charge on any atom is 0.191 e. The third-order valence-corrected chi connectivity index (χ3v) is 4.21. The van der Waals surface area contributed by atoms with Crippen molar-refractivity contribution < 1.29 is 4.74 Å². The van der Waals surface area contributed by atoms with Crippen LogP contribution in [0.25, 0.3) is 0 Å². The molecular formula is C18H25N3OS. The molecule has 4 nitrogen and oxygen atoms in total. The number of nitrogens with zero attached hydrogens (tertiary/aromatic N) is 1. The van der Waals surface area contributed by atoms with Crippen molar-refractivity contribution in [2.45, 2.75) is 26.8 Å². The number of nitrogens with one attached hydrogen (secondary N) is 2. The van der Waals surface area contributed by atoms with Gasteiger partial charge >= 0.3 is 0 Å². The largest absolute Gasteiger partial charge is 0.494 e. The first-order valence-electron chi connectivity index (χ1n) is 7.91. The first kappa shape index (κ1) is 17.3. The van der Waals surface area contributed by atoms with Crippen LogP contribution in [0.15, 0.2) is 40.0 Å². The van der Waals surface area contributed by atoms with Gasteiger partial charge < -0.3 is 15.4 Å². The Morgan fingerprint density at radius 3 is 2.83 bits per heavy atom. The van der Waals surface area contributed by atoms with Gasteiger partial charge in [0.1, 0.15) is 5.75 Å². The molecule has 0 saturated carbocycles. The zero-order valence-electron chi connectivity index (χ0n) is 14.1. The van der Waals surface area contributed by atoms with E-state index in [4.69, 9.17) is 4.74 Å². The Morgan fingerprint density at radius 2 is 2.13 bits per heavy atom. The van der Waals surface area contributed by atoms with Crippen molar-refractivity contribution in [1.82, 2.24) is 10.6 Å². The van der Waals surface area contributed by atoms with Gasteiger partial charge in [0.05, 0.1) is 6.61 Å². The van der Waals surface area contributed by atoms with Gasteiger partial charge in [-0.1, -0.05) is 12.1 Å². The normalized spacial score (nSPS) is 11.3. The van der Waals surface area contributed by atoms with Gasteiger partial charge in [0.2, 0.25) is 0 Å². The van der Waals surface area contributed by atoms with Crippen LogP contribution in [0.5, 0.6) is 5.75 Å². The van der Waals surface area contributed by atoms with Crippen molar-refractivity contribution in [2.24, 2.45) is 4.99 Å². The van der Waals surface area contributed by atoms with E-state index in [1.54, 1.807) is 18.4 Å². The van der Waals surface area contributed by atoms with E-state index in [2.05, 4.69) is 57.6 Å². The molecule has 1 aromatic carbocycles. The van der Waals surface area contributed by atoms with Crippen LogP contribution in [0.4, 0.5) is 0 Å². The SMILES string of the molecule is CCOc1cc(C)ccc1CNC(=NC)NCCc1ccsc1. The lowest BCUT2D eigenvalue weighted by atomic mass is 10.1. The Kier molecular flexibility index (Phi) is 6.94. The van der Waals surface area contributed by atoms with E-state index in [0.717, 1.165) is 30.2 Å². The summed E-state index contributed by atoms with van der Waals surface area (Å²) in [6.07, 6.45) is 0.999. The molecule has 2 aromatic rings. The summed E-state index contributed by atoms with van der Waals surface area (Å²) in [5.74, 6) is 1.75. The van der Waals surface area contributed by atoms with E-state index >= 15 is 0 Å². The molecule has 0 aliphatic rings. The van der Waals surface area contributed by atoms with Crippen LogP contribution < -0.4 is 15.4 Å². The first-order chi connectivity index (χ1) is 11.2. The highest BCUT2D eigenvalue weighted by atomic mass is 32.1. The fourth-order valence-corrected chi connectivity index (χ4v) is 2.96. The van der Waals surface area contributed by atoms with Crippen LogP contribution in [-0.2, 0) is 13.0 Å². The fraction of sp³-hybridized carbons (Fsp3) is 0.389. The predicted octanol–water partition coefficient (Wildman–Crippen LogP) is 3.36. The Morgan fingerprint density at radius 1 is 1.26 bits per heavy atom. The van der Waals surface area contributed by atoms with E-state index in [9.17, 15) is 0 Å². The number of aryl methyl sites for hydroxylation is 1. The van der Waals surface area contributed by atoms with Gasteiger partial charge in [-0.15, -0.1) is 0 Å². The van der Waals surface area contributed by atoms with E-state index < -0.39 is 0 Å². The number of thiophene rings is 1. The number of benzene rings is 1. The smallest absolute Gasteiger partial charge is 0.191 e. The topological polar surface area (TPSA) is 45.6 Å². The minimum absolute atomic E-state index is 0.671. The summed E-state index contributed by atoms with van der Waals surface area (Å²) in [7, 11) is 1.79. The maximum atomic E-state index is 5.71. The molecule has 5 heteroatoms. The monoisotopic (exact) mass is 331 g/mol. The summed E-state index contributed by atoms with van der Waals surface area (Å²) in [6.45, 7) is 6.30. The fourth-order valence-electron chi connectivity index (χ4n) is 2.26. The summed E-state index contributed by atoms with van der Waals surface area (Å²) in [4.78, 5) is 4.27. The highest BCUT2D eigenvalue weighted by Crippen LogP contribution is 2.20. The number of aliphatic imine (C=N–C) groups is 1. The van der Waals surface area contributed by atoms with Crippen LogP contribution in [0, 0.1) is 6.92 Å². The molecule has 0 aliphatic heterocycles. The van der Waals surface area contributed by atoms with Crippen LogP contribution in [0.3, 0.4) is 0 Å². The predicted molar refractivity (Wildman–Crippen MR) is 98.6 cm³/mol. The first-order valence-corrected chi connectivity index (χ1v) is 8.85.